The van der Waals surface area contributed by atoms with Crippen LogP contribution in [0.1, 0.15) is 86.0 Å². The second kappa shape index (κ2) is 33.0. The summed E-state index contributed by atoms with van der Waals surface area (Å²) in [7, 11) is 3.07. The van der Waals surface area contributed by atoms with Gasteiger partial charge in [-0.3, -0.25) is 24.0 Å². The van der Waals surface area contributed by atoms with Crippen molar-refractivity contribution in [1.82, 2.24) is 5.32 Å². The number of hydrogen-bond acceptors (Lipinski definition) is 15. The Labute approximate surface area is 315 Å². The van der Waals surface area contributed by atoms with E-state index in [2.05, 4.69) is 5.32 Å². The first kappa shape index (κ1) is 50.6. The summed E-state index contributed by atoms with van der Waals surface area (Å²) in [4.78, 5) is 62.4. The molecule has 0 saturated carbocycles. The van der Waals surface area contributed by atoms with Gasteiger partial charge in [0.05, 0.1) is 58.6 Å². The number of carbonyl (C=O) groups excluding carboxylic acids is 5. The zero-order valence-electron chi connectivity index (χ0n) is 33.2. The number of nitrogens with one attached hydrogen (secondary N) is 1. The first-order valence-electron chi connectivity index (χ1n) is 18.6. The van der Waals surface area contributed by atoms with Crippen LogP contribution in [0.2, 0.25) is 0 Å². The second-order valence-electron chi connectivity index (χ2n) is 13.0. The molecule has 16 nitrogen and oxygen atoms in total. The number of Topliss-reactive ketones (excluding diaryl/α,β-unsaturated/α-hetero) is 3. The van der Waals surface area contributed by atoms with Crippen molar-refractivity contribution < 1.29 is 71.3 Å². The number of amides is 1. The van der Waals surface area contributed by atoms with E-state index in [9.17, 15) is 24.0 Å². The monoisotopic (exact) mass is 765 g/mol. The van der Waals surface area contributed by atoms with E-state index in [-0.39, 0.29) is 94.9 Å². The third-order valence-electron chi connectivity index (χ3n) is 7.13. The van der Waals surface area contributed by atoms with Crippen molar-refractivity contribution in [3.63, 3.8) is 0 Å². The van der Waals surface area contributed by atoms with Gasteiger partial charge < -0.3 is 52.7 Å². The first-order chi connectivity index (χ1) is 25.3. The van der Waals surface area contributed by atoms with Gasteiger partial charge >= 0.3 is 5.97 Å². The van der Waals surface area contributed by atoms with Gasteiger partial charge in [-0.25, -0.2) is 0 Å². The number of ketones is 3. The number of carbonyl (C=O) groups is 5. The van der Waals surface area contributed by atoms with Crippen LogP contribution in [0.15, 0.2) is 0 Å². The third kappa shape index (κ3) is 31.6. The Hall–Kier alpha value is -2.41. The number of methoxy groups -OCH3 is 2. The summed E-state index contributed by atoms with van der Waals surface area (Å²) in [5.74, 6) is -2.44. The van der Waals surface area contributed by atoms with Crippen molar-refractivity contribution in [3.05, 3.63) is 0 Å². The number of hydrogen-bond donors (Lipinski definition) is 1. The summed E-state index contributed by atoms with van der Waals surface area (Å²) >= 11 is 0. The molecule has 1 unspecified atom stereocenters. The predicted molar refractivity (Wildman–Crippen MR) is 193 cm³/mol. The third-order valence-corrected chi connectivity index (χ3v) is 7.13. The van der Waals surface area contributed by atoms with E-state index in [4.69, 9.17) is 47.4 Å². The van der Waals surface area contributed by atoms with Gasteiger partial charge in [0.25, 0.3) is 0 Å². The second-order valence-corrected chi connectivity index (χ2v) is 13.0. The van der Waals surface area contributed by atoms with Crippen molar-refractivity contribution in [3.8, 4) is 0 Å². The lowest BCUT2D eigenvalue weighted by Gasteiger charge is -2.23. The van der Waals surface area contributed by atoms with Crippen LogP contribution in [-0.2, 0) is 71.3 Å². The van der Waals surface area contributed by atoms with Gasteiger partial charge in [0.2, 0.25) is 5.91 Å². The maximum atomic E-state index is 12.9. The van der Waals surface area contributed by atoms with Gasteiger partial charge in [-0.1, -0.05) is 0 Å². The smallest absolute Gasteiger partial charge is 0.309 e. The molecule has 0 rings (SSSR count). The van der Waals surface area contributed by atoms with Gasteiger partial charge in [0, 0.05) is 72.9 Å². The molecule has 1 amide bonds. The van der Waals surface area contributed by atoms with Gasteiger partial charge in [-0.15, -0.1) is 0 Å². The molecule has 0 aliphatic rings. The molecule has 0 aromatic rings. The lowest BCUT2D eigenvalue weighted by Crippen LogP contribution is -2.32. The van der Waals surface area contributed by atoms with Gasteiger partial charge in [0.15, 0.2) is 18.4 Å². The Kier molecular flexibility index (Phi) is 31.5. The van der Waals surface area contributed by atoms with E-state index >= 15 is 0 Å². The van der Waals surface area contributed by atoms with Gasteiger partial charge in [-0.05, 0) is 53.9 Å². The van der Waals surface area contributed by atoms with Crippen molar-refractivity contribution in [2.45, 2.75) is 104 Å². The highest BCUT2D eigenvalue weighted by Crippen LogP contribution is 2.20. The van der Waals surface area contributed by atoms with Crippen LogP contribution < -0.4 is 5.32 Å². The molecule has 0 spiro atoms. The van der Waals surface area contributed by atoms with E-state index in [1.165, 1.54) is 14.2 Å². The minimum atomic E-state index is -0.864. The van der Waals surface area contributed by atoms with Crippen molar-refractivity contribution >= 4 is 29.2 Å². The Morgan fingerprint density at radius 2 is 1.17 bits per heavy atom. The van der Waals surface area contributed by atoms with Crippen LogP contribution >= 0.6 is 0 Å². The van der Waals surface area contributed by atoms with Gasteiger partial charge in [0.1, 0.15) is 23.8 Å². The van der Waals surface area contributed by atoms with E-state index in [1.807, 2.05) is 13.8 Å². The highest BCUT2D eigenvalue weighted by atomic mass is 16.7. The molecular formula is C37H67NO15. The van der Waals surface area contributed by atoms with Crippen molar-refractivity contribution in [2.24, 2.45) is 5.92 Å². The Morgan fingerprint density at radius 3 is 1.79 bits per heavy atom. The Bertz CT molecular complexity index is 978. The van der Waals surface area contributed by atoms with Crippen LogP contribution in [0.4, 0.5) is 0 Å². The molecule has 53 heavy (non-hydrogen) atoms. The number of rotatable bonds is 37. The highest BCUT2D eigenvalue weighted by molar-refractivity contribution is 6.00. The fourth-order valence-corrected chi connectivity index (χ4v) is 4.55. The fraction of sp³-hybridized carbons (Fsp3) is 0.865. The summed E-state index contributed by atoms with van der Waals surface area (Å²) in [6.07, 6.45) is 0.208. The quantitative estimate of drug-likeness (QED) is 0.0420. The first-order valence-corrected chi connectivity index (χ1v) is 18.6. The van der Waals surface area contributed by atoms with Crippen LogP contribution in [0.25, 0.3) is 0 Å². The highest BCUT2D eigenvalue weighted by Gasteiger charge is 2.28. The average Bonchev–Trinajstić information content (AvgIpc) is 3.09. The van der Waals surface area contributed by atoms with Crippen molar-refractivity contribution in [2.75, 3.05) is 100 Å². The Morgan fingerprint density at radius 1 is 0.623 bits per heavy atom. The lowest BCUT2D eigenvalue weighted by atomic mass is 9.94. The molecule has 0 aromatic carbocycles. The molecule has 0 aromatic heterocycles. The van der Waals surface area contributed by atoms with Gasteiger partial charge in [-0.2, -0.15) is 0 Å². The molecule has 0 aliphatic carbocycles. The SMILES string of the molecule is CCOC(COCCCC(=O)CC(=O)CC(CCC(=O)NCCOCCOCC(=O)CCCOCCOCC(OC)OC)C(=O)OC(C)(C)C)OCC. The molecule has 0 fully saturated rings. The summed E-state index contributed by atoms with van der Waals surface area (Å²) in [6.45, 7) is 12.9. The summed E-state index contributed by atoms with van der Waals surface area (Å²) in [5.41, 5.74) is -0.779. The van der Waals surface area contributed by atoms with Crippen molar-refractivity contribution in [1.29, 1.82) is 0 Å². The van der Waals surface area contributed by atoms with E-state index < -0.39 is 30.1 Å². The minimum Gasteiger partial charge on any atom is -0.460 e. The normalized spacial score (nSPS) is 12.3. The maximum absolute atomic E-state index is 12.9. The number of esters is 1. The molecular weight excluding hydrogens is 698 g/mol. The summed E-state index contributed by atoms with van der Waals surface area (Å²) in [5, 5.41) is 2.72. The molecule has 0 aliphatic heterocycles. The lowest BCUT2D eigenvalue weighted by molar-refractivity contribution is -0.167. The molecule has 0 bridgehead atoms. The molecule has 310 valence electrons. The van der Waals surface area contributed by atoms with Crippen LogP contribution in [0.5, 0.6) is 0 Å². The average molecular weight is 766 g/mol. The topological polar surface area (TPSA) is 190 Å². The molecule has 0 saturated heterocycles. The molecule has 1 N–H and O–H groups in total. The van der Waals surface area contributed by atoms with Crippen LogP contribution in [0.3, 0.4) is 0 Å². The Balaban J connectivity index is 4.22. The predicted octanol–water partition coefficient (Wildman–Crippen LogP) is 2.99. The fourth-order valence-electron chi connectivity index (χ4n) is 4.55. The largest absolute Gasteiger partial charge is 0.460 e. The summed E-state index contributed by atoms with van der Waals surface area (Å²) in [6, 6.07) is 0. The minimum absolute atomic E-state index is 0.0137. The maximum Gasteiger partial charge on any atom is 0.309 e. The molecule has 0 heterocycles. The molecule has 16 heteroatoms. The zero-order chi connectivity index (χ0) is 39.7. The van der Waals surface area contributed by atoms with Crippen LogP contribution in [0, 0.1) is 5.92 Å². The van der Waals surface area contributed by atoms with Crippen LogP contribution in [-0.4, -0.2) is 147 Å². The zero-order valence-corrected chi connectivity index (χ0v) is 33.2. The number of ether oxygens (including phenoxy) is 10. The van der Waals surface area contributed by atoms with E-state index in [0.29, 0.717) is 65.5 Å². The van der Waals surface area contributed by atoms with E-state index in [0.717, 1.165) is 0 Å². The molecule has 1 atom stereocenters. The summed E-state index contributed by atoms with van der Waals surface area (Å²) < 4.78 is 53.5. The van der Waals surface area contributed by atoms with E-state index in [1.54, 1.807) is 20.8 Å². The molecule has 0 radical (unpaired) electrons. The standard InChI is InChI=1S/C37H67NO15/c1-8-51-35(52-9-2)28-48-18-10-12-30(39)25-32(41)24-29(36(43)53-37(3,4)5)14-15-33(42)38-16-19-47-21-22-49-26-31(40)13-11-17-46-20-23-50-27-34(44-6)45-7/h29,34-35H,8-28H2,1-7H3,(H,38,42).